The van der Waals surface area contributed by atoms with Crippen LogP contribution in [-0.2, 0) is 0 Å². The molecule has 0 unspecified atom stereocenters. The molecule has 0 saturated heterocycles. The van der Waals surface area contributed by atoms with Crippen LogP contribution in [0.2, 0.25) is 0 Å². The maximum absolute atomic E-state index is 9.61. The van der Waals surface area contributed by atoms with Gasteiger partial charge >= 0.3 is 0 Å². The zero-order valence-corrected chi connectivity index (χ0v) is 13.9. The number of benzene rings is 2. The van der Waals surface area contributed by atoms with Gasteiger partial charge in [-0.25, -0.2) is 9.97 Å². The zero-order valence-electron chi connectivity index (χ0n) is 13.9. The number of aromatic hydroxyl groups is 1. The summed E-state index contributed by atoms with van der Waals surface area (Å²) in [5, 5.41) is 13.7. The second-order valence-electron chi connectivity index (χ2n) is 5.73. The van der Waals surface area contributed by atoms with E-state index in [1.165, 1.54) is 6.33 Å². The van der Waals surface area contributed by atoms with Crippen LogP contribution >= 0.6 is 0 Å². The summed E-state index contributed by atoms with van der Waals surface area (Å²) in [6.45, 7) is 4.86. The minimum absolute atomic E-state index is 0.206. The van der Waals surface area contributed by atoms with Gasteiger partial charge in [0, 0.05) is 17.1 Å². The normalized spacial score (nSPS) is 10.8. The molecule has 3 rings (SSSR count). The van der Waals surface area contributed by atoms with Gasteiger partial charge in [-0.05, 0) is 43.2 Å². The van der Waals surface area contributed by atoms with Crippen LogP contribution in [0.4, 0.5) is 11.5 Å². The average Bonchev–Trinajstić information content (AvgIpc) is 2.56. The number of unbranched alkanes of at least 4 members (excludes halogenated alkanes) is 1. The molecule has 2 aromatic carbocycles. The number of nitrogens with one attached hydrogen (secondary N) is 1. The van der Waals surface area contributed by atoms with Gasteiger partial charge in [0.15, 0.2) is 0 Å². The SMILES string of the molecule is CCCCOc1cc2c(Nc3cccc(O)c3)ncnc2cc1C. The Labute approximate surface area is 141 Å². The molecule has 2 N–H and O–H groups in total. The van der Waals surface area contributed by atoms with Crippen molar-refractivity contribution >= 4 is 22.4 Å². The molecule has 24 heavy (non-hydrogen) atoms. The summed E-state index contributed by atoms with van der Waals surface area (Å²) < 4.78 is 5.89. The molecule has 5 nitrogen and oxygen atoms in total. The van der Waals surface area contributed by atoms with Crippen molar-refractivity contribution < 1.29 is 9.84 Å². The Morgan fingerprint density at radius 2 is 2.04 bits per heavy atom. The standard InChI is InChI=1S/C19H21N3O2/c1-3-4-8-24-18-11-16-17(9-13(18)2)20-12-21-19(16)22-14-6-5-7-15(23)10-14/h5-7,9-12,23H,3-4,8H2,1-2H3,(H,20,21,22). The maximum Gasteiger partial charge on any atom is 0.141 e. The van der Waals surface area contributed by atoms with Crippen molar-refractivity contribution in [1.82, 2.24) is 9.97 Å². The van der Waals surface area contributed by atoms with E-state index in [1.807, 2.05) is 25.1 Å². The number of ether oxygens (including phenoxy) is 1. The van der Waals surface area contributed by atoms with Gasteiger partial charge in [-0.3, -0.25) is 0 Å². The number of phenolic OH excluding ortho intramolecular Hbond substituents is 1. The summed E-state index contributed by atoms with van der Waals surface area (Å²) in [5.41, 5.74) is 2.68. The van der Waals surface area contributed by atoms with E-state index < -0.39 is 0 Å². The van der Waals surface area contributed by atoms with E-state index in [1.54, 1.807) is 18.2 Å². The third-order valence-corrected chi connectivity index (χ3v) is 3.80. The van der Waals surface area contributed by atoms with Gasteiger partial charge in [0.25, 0.3) is 0 Å². The minimum atomic E-state index is 0.206. The quantitative estimate of drug-likeness (QED) is 0.651. The van der Waals surface area contributed by atoms with Gasteiger partial charge in [0.05, 0.1) is 12.1 Å². The summed E-state index contributed by atoms with van der Waals surface area (Å²) in [5.74, 6) is 1.74. The Bertz CT molecular complexity index is 849. The third-order valence-electron chi connectivity index (χ3n) is 3.80. The number of hydrogen-bond acceptors (Lipinski definition) is 5. The summed E-state index contributed by atoms with van der Waals surface area (Å²) in [7, 11) is 0. The first-order valence-electron chi connectivity index (χ1n) is 8.11. The van der Waals surface area contributed by atoms with Crippen LogP contribution in [0.25, 0.3) is 10.9 Å². The number of aromatic nitrogens is 2. The fraction of sp³-hybridized carbons (Fsp3) is 0.263. The molecule has 0 atom stereocenters. The third kappa shape index (κ3) is 3.56. The van der Waals surface area contributed by atoms with Crippen molar-refractivity contribution in [3.63, 3.8) is 0 Å². The Balaban J connectivity index is 1.96. The number of aryl methyl sites for hydroxylation is 1. The smallest absolute Gasteiger partial charge is 0.141 e. The molecule has 0 radical (unpaired) electrons. The molecule has 1 heterocycles. The van der Waals surface area contributed by atoms with Crippen molar-refractivity contribution in [3.05, 3.63) is 48.3 Å². The monoisotopic (exact) mass is 323 g/mol. The summed E-state index contributed by atoms with van der Waals surface area (Å²) in [6, 6.07) is 10.9. The minimum Gasteiger partial charge on any atom is -0.508 e. The molecular formula is C19H21N3O2. The van der Waals surface area contributed by atoms with Crippen LogP contribution < -0.4 is 10.1 Å². The van der Waals surface area contributed by atoms with Crippen LogP contribution in [0.5, 0.6) is 11.5 Å². The van der Waals surface area contributed by atoms with Crippen molar-refractivity contribution in [3.8, 4) is 11.5 Å². The highest BCUT2D eigenvalue weighted by Crippen LogP contribution is 2.30. The van der Waals surface area contributed by atoms with Gasteiger partial charge < -0.3 is 15.2 Å². The Morgan fingerprint density at radius 1 is 1.17 bits per heavy atom. The van der Waals surface area contributed by atoms with E-state index in [0.717, 1.165) is 40.7 Å². The second kappa shape index (κ2) is 7.17. The van der Waals surface area contributed by atoms with E-state index in [9.17, 15) is 5.11 Å². The average molecular weight is 323 g/mol. The van der Waals surface area contributed by atoms with Crippen LogP contribution in [0, 0.1) is 6.92 Å². The van der Waals surface area contributed by atoms with E-state index in [2.05, 4.69) is 22.2 Å². The molecule has 0 aliphatic heterocycles. The van der Waals surface area contributed by atoms with Gasteiger partial charge in [-0.1, -0.05) is 19.4 Å². The predicted molar refractivity (Wildman–Crippen MR) is 96.1 cm³/mol. The molecule has 0 spiro atoms. The Morgan fingerprint density at radius 3 is 2.83 bits per heavy atom. The number of nitrogens with zero attached hydrogens (tertiary/aromatic N) is 2. The fourth-order valence-corrected chi connectivity index (χ4v) is 2.49. The summed E-state index contributed by atoms with van der Waals surface area (Å²) in [6.07, 6.45) is 3.65. The summed E-state index contributed by atoms with van der Waals surface area (Å²) >= 11 is 0. The van der Waals surface area contributed by atoms with Gasteiger partial charge in [-0.15, -0.1) is 0 Å². The lowest BCUT2D eigenvalue weighted by molar-refractivity contribution is 0.308. The van der Waals surface area contributed by atoms with Gasteiger partial charge in [0.2, 0.25) is 0 Å². The Kier molecular flexibility index (Phi) is 4.79. The Hall–Kier alpha value is -2.82. The molecule has 1 aromatic heterocycles. The highest BCUT2D eigenvalue weighted by Gasteiger charge is 2.09. The molecule has 0 aliphatic rings. The fourth-order valence-electron chi connectivity index (χ4n) is 2.49. The molecule has 5 heteroatoms. The van der Waals surface area contributed by atoms with E-state index in [0.29, 0.717) is 12.4 Å². The second-order valence-corrected chi connectivity index (χ2v) is 5.73. The summed E-state index contributed by atoms with van der Waals surface area (Å²) in [4.78, 5) is 8.68. The van der Waals surface area contributed by atoms with Crippen molar-refractivity contribution in [2.75, 3.05) is 11.9 Å². The lowest BCUT2D eigenvalue weighted by Crippen LogP contribution is -2.00. The lowest BCUT2D eigenvalue weighted by atomic mass is 10.1. The van der Waals surface area contributed by atoms with Gasteiger partial charge in [0.1, 0.15) is 23.6 Å². The van der Waals surface area contributed by atoms with Crippen LogP contribution in [0.3, 0.4) is 0 Å². The first kappa shape index (κ1) is 16.1. The van der Waals surface area contributed by atoms with Crippen LogP contribution in [0.1, 0.15) is 25.3 Å². The van der Waals surface area contributed by atoms with E-state index in [4.69, 9.17) is 4.74 Å². The first-order valence-corrected chi connectivity index (χ1v) is 8.11. The van der Waals surface area contributed by atoms with Crippen molar-refractivity contribution in [2.45, 2.75) is 26.7 Å². The largest absolute Gasteiger partial charge is 0.508 e. The van der Waals surface area contributed by atoms with E-state index >= 15 is 0 Å². The predicted octanol–water partition coefficient (Wildman–Crippen LogP) is 4.57. The maximum atomic E-state index is 9.61. The number of rotatable bonds is 6. The number of hydrogen-bond donors (Lipinski definition) is 2. The zero-order chi connectivity index (χ0) is 16.9. The molecule has 0 fully saturated rings. The van der Waals surface area contributed by atoms with E-state index in [-0.39, 0.29) is 5.75 Å². The molecule has 0 amide bonds. The molecule has 124 valence electrons. The number of phenols is 1. The van der Waals surface area contributed by atoms with Gasteiger partial charge in [-0.2, -0.15) is 0 Å². The highest BCUT2D eigenvalue weighted by molar-refractivity contribution is 5.92. The number of anilines is 2. The van der Waals surface area contributed by atoms with Crippen LogP contribution in [-0.4, -0.2) is 21.7 Å². The van der Waals surface area contributed by atoms with Crippen molar-refractivity contribution in [2.24, 2.45) is 0 Å². The molecule has 0 aliphatic carbocycles. The topological polar surface area (TPSA) is 67.3 Å². The van der Waals surface area contributed by atoms with Crippen LogP contribution in [0.15, 0.2) is 42.7 Å². The highest BCUT2D eigenvalue weighted by atomic mass is 16.5. The molecular weight excluding hydrogens is 302 g/mol. The molecule has 0 saturated carbocycles. The first-order chi connectivity index (χ1) is 11.7. The number of fused-ring (bicyclic) bond motifs is 1. The van der Waals surface area contributed by atoms with Crippen molar-refractivity contribution in [1.29, 1.82) is 0 Å². The molecule has 0 bridgehead atoms. The molecule has 3 aromatic rings. The lowest BCUT2D eigenvalue weighted by Gasteiger charge is -2.13.